The quantitative estimate of drug-likeness (QED) is 0.585. The van der Waals surface area contributed by atoms with Gasteiger partial charge < -0.3 is 10.1 Å². The highest BCUT2D eigenvalue weighted by molar-refractivity contribution is 7.91. The fourth-order valence-electron chi connectivity index (χ4n) is 5.27. The molecule has 0 radical (unpaired) electrons. The summed E-state index contributed by atoms with van der Waals surface area (Å²) in [7, 11) is -1.47. The highest BCUT2D eigenvalue weighted by atomic mass is 32.2. The third kappa shape index (κ3) is 5.96. The molecule has 0 aromatic heterocycles. The summed E-state index contributed by atoms with van der Waals surface area (Å²) in [5, 5.41) is 3.11. The molecule has 2 aromatic carbocycles. The minimum absolute atomic E-state index is 0.0793. The third-order valence-electron chi connectivity index (χ3n) is 7.26. The Morgan fingerprint density at radius 2 is 1.79 bits per heavy atom. The van der Waals surface area contributed by atoms with Crippen LogP contribution >= 0.6 is 0 Å². The standard InChI is InChI=1S/C26H33FN2O4S/c1-33-24-10-4-20(5-11-24)16-29(23-12-15-34(31,32)18-23)17-25(30)28-19-26(13-2-3-14-26)21-6-8-22(27)9-7-21/h4-11,23H,2-3,12-19H2,1H3,(H,28,30). The van der Waals surface area contributed by atoms with Crippen molar-refractivity contribution in [1.29, 1.82) is 0 Å². The average molecular weight is 489 g/mol. The van der Waals surface area contributed by atoms with Crippen LogP contribution in [-0.4, -0.2) is 57.0 Å². The Hall–Kier alpha value is -2.45. The second-order valence-corrected chi connectivity index (χ2v) is 11.8. The summed E-state index contributed by atoms with van der Waals surface area (Å²) >= 11 is 0. The molecule has 1 aliphatic heterocycles. The number of rotatable bonds is 9. The van der Waals surface area contributed by atoms with Gasteiger partial charge in [-0.05, 0) is 54.7 Å². The molecule has 1 saturated carbocycles. The van der Waals surface area contributed by atoms with E-state index in [1.54, 1.807) is 7.11 Å². The van der Waals surface area contributed by atoms with E-state index < -0.39 is 9.84 Å². The van der Waals surface area contributed by atoms with Crippen LogP contribution in [0.4, 0.5) is 4.39 Å². The maximum atomic E-state index is 13.5. The molecule has 2 fully saturated rings. The first-order valence-electron chi connectivity index (χ1n) is 11.9. The minimum Gasteiger partial charge on any atom is -0.497 e. The van der Waals surface area contributed by atoms with Crippen molar-refractivity contribution < 1.29 is 22.3 Å². The first-order chi connectivity index (χ1) is 16.3. The molecule has 0 spiro atoms. The smallest absolute Gasteiger partial charge is 0.234 e. The Bertz CT molecular complexity index is 1080. The number of halogens is 1. The molecule has 6 nitrogen and oxygen atoms in total. The molecule has 8 heteroatoms. The zero-order chi connectivity index (χ0) is 24.2. The lowest BCUT2D eigenvalue weighted by Gasteiger charge is -2.32. The molecule has 1 unspecified atom stereocenters. The molecule has 1 saturated heterocycles. The minimum atomic E-state index is -3.08. The Morgan fingerprint density at radius 3 is 2.38 bits per heavy atom. The van der Waals surface area contributed by atoms with Crippen LogP contribution in [0.1, 0.15) is 43.2 Å². The molecule has 4 rings (SSSR count). The number of carbonyl (C=O) groups is 1. The lowest BCUT2D eigenvalue weighted by atomic mass is 9.79. The lowest BCUT2D eigenvalue weighted by molar-refractivity contribution is -0.123. The summed E-state index contributed by atoms with van der Waals surface area (Å²) in [6.45, 7) is 1.11. The second-order valence-electron chi connectivity index (χ2n) is 9.58. The molecular weight excluding hydrogens is 455 g/mol. The van der Waals surface area contributed by atoms with E-state index in [9.17, 15) is 17.6 Å². The second kappa shape index (κ2) is 10.4. The van der Waals surface area contributed by atoms with Crippen molar-refractivity contribution in [2.75, 3.05) is 31.7 Å². The van der Waals surface area contributed by atoms with E-state index in [0.717, 1.165) is 42.6 Å². The maximum Gasteiger partial charge on any atom is 0.234 e. The van der Waals surface area contributed by atoms with Gasteiger partial charge in [-0.15, -0.1) is 0 Å². The highest BCUT2D eigenvalue weighted by Crippen LogP contribution is 2.40. The van der Waals surface area contributed by atoms with E-state index in [-0.39, 0.29) is 41.2 Å². The number of benzene rings is 2. The Kier molecular flexibility index (Phi) is 7.57. The Morgan fingerprint density at radius 1 is 1.12 bits per heavy atom. The molecule has 1 aliphatic carbocycles. The summed E-state index contributed by atoms with van der Waals surface area (Å²) in [6.07, 6.45) is 4.60. The van der Waals surface area contributed by atoms with Crippen LogP contribution < -0.4 is 10.1 Å². The fraction of sp³-hybridized carbons (Fsp3) is 0.500. The monoisotopic (exact) mass is 488 g/mol. The van der Waals surface area contributed by atoms with Crippen LogP contribution in [0, 0.1) is 5.82 Å². The predicted molar refractivity (Wildman–Crippen MR) is 130 cm³/mol. The fourth-order valence-corrected chi connectivity index (χ4v) is 7.04. The Labute approximate surface area is 201 Å². The van der Waals surface area contributed by atoms with Crippen LogP contribution in [0.15, 0.2) is 48.5 Å². The molecule has 2 aromatic rings. The van der Waals surface area contributed by atoms with Crippen molar-refractivity contribution in [3.8, 4) is 5.75 Å². The van der Waals surface area contributed by atoms with Gasteiger partial charge in [0.1, 0.15) is 11.6 Å². The molecule has 1 N–H and O–H groups in total. The summed E-state index contributed by atoms with van der Waals surface area (Å²) in [4.78, 5) is 15.0. The number of carbonyl (C=O) groups excluding carboxylic acids is 1. The van der Waals surface area contributed by atoms with Gasteiger partial charge in [-0.1, -0.05) is 37.1 Å². The topological polar surface area (TPSA) is 75.7 Å². The Balaban J connectivity index is 1.44. The number of nitrogens with one attached hydrogen (secondary N) is 1. The van der Waals surface area contributed by atoms with Crippen molar-refractivity contribution in [3.63, 3.8) is 0 Å². The normalized spacial score (nSPS) is 21.0. The van der Waals surface area contributed by atoms with E-state index in [0.29, 0.717) is 19.5 Å². The summed E-state index contributed by atoms with van der Waals surface area (Å²) in [6, 6.07) is 14.0. The van der Waals surface area contributed by atoms with E-state index >= 15 is 0 Å². The van der Waals surface area contributed by atoms with Crippen LogP contribution in [-0.2, 0) is 26.6 Å². The van der Waals surface area contributed by atoms with Crippen LogP contribution in [0.5, 0.6) is 5.75 Å². The summed E-state index contributed by atoms with van der Waals surface area (Å²) in [5.41, 5.74) is 1.88. The van der Waals surface area contributed by atoms with Gasteiger partial charge in [0.15, 0.2) is 9.84 Å². The number of hydrogen-bond acceptors (Lipinski definition) is 5. The lowest BCUT2D eigenvalue weighted by Crippen LogP contribution is -2.46. The molecule has 1 amide bonds. The predicted octanol–water partition coefficient (Wildman–Crippen LogP) is 3.45. The molecule has 1 atom stereocenters. The van der Waals surface area contributed by atoms with Crippen molar-refractivity contribution in [1.82, 2.24) is 10.2 Å². The van der Waals surface area contributed by atoms with Crippen LogP contribution in [0.25, 0.3) is 0 Å². The van der Waals surface area contributed by atoms with Crippen LogP contribution in [0.3, 0.4) is 0 Å². The highest BCUT2D eigenvalue weighted by Gasteiger charge is 2.37. The van der Waals surface area contributed by atoms with E-state index in [1.807, 2.05) is 41.3 Å². The van der Waals surface area contributed by atoms with Gasteiger partial charge in [0.2, 0.25) is 5.91 Å². The number of amides is 1. The van der Waals surface area contributed by atoms with Gasteiger partial charge in [-0.25, -0.2) is 12.8 Å². The van der Waals surface area contributed by atoms with E-state index in [1.165, 1.54) is 12.1 Å². The van der Waals surface area contributed by atoms with Crippen molar-refractivity contribution >= 4 is 15.7 Å². The van der Waals surface area contributed by atoms with Crippen molar-refractivity contribution in [2.24, 2.45) is 0 Å². The third-order valence-corrected chi connectivity index (χ3v) is 9.01. The maximum absolute atomic E-state index is 13.5. The van der Waals surface area contributed by atoms with Gasteiger partial charge in [-0.3, -0.25) is 9.69 Å². The molecule has 0 bridgehead atoms. The number of ether oxygens (including phenoxy) is 1. The largest absolute Gasteiger partial charge is 0.497 e. The number of nitrogens with zero attached hydrogens (tertiary/aromatic N) is 1. The number of methoxy groups -OCH3 is 1. The molecule has 34 heavy (non-hydrogen) atoms. The van der Waals surface area contributed by atoms with Gasteiger partial charge >= 0.3 is 0 Å². The van der Waals surface area contributed by atoms with Gasteiger partial charge in [-0.2, -0.15) is 0 Å². The van der Waals surface area contributed by atoms with Crippen molar-refractivity contribution in [3.05, 3.63) is 65.5 Å². The average Bonchev–Trinajstić information content (AvgIpc) is 3.45. The zero-order valence-electron chi connectivity index (χ0n) is 19.6. The van der Waals surface area contributed by atoms with E-state index in [2.05, 4.69) is 5.32 Å². The summed E-state index contributed by atoms with van der Waals surface area (Å²) < 4.78 is 42.9. The number of hydrogen-bond donors (Lipinski definition) is 1. The summed E-state index contributed by atoms with van der Waals surface area (Å²) in [5.74, 6) is 0.606. The SMILES string of the molecule is COc1ccc(CN(CC(=O)NCC2(c3ccc(F)cc3)CCCC2)C2CCS(=O)(=O)C2)cc1. The van der Waals surface area contributed by atoms with Gasteiger partial charge in [0.05, 0.1) is 25.2 Å². The molecule has 2 aliphatic rings. The zero-order valence-corrected chi connectivity index (χ0v) is 20.5. The van der Waals surface area contributed by atoms with Gasteiger partial charge in [0, 0.05) is 24.5 Å². The molecular formula is C26H33FN2O4S. The van der Waals surface area contributed by atoms with Crippen LogP contribution in [0.2, 0.25) is 0 Å². The number of sulfone groups is 1. The first-order valence-corrected chi connectivity index (χ1v) is 13.7. The van der Waals surface area contributed by atoms with E-state index in [4.69, 9.17) is 4.74 Å². The van der Waals surface area contributed by atoms with Gasteiger partial charge in [0.25, 0.3) is 0 Å². The molecule has 1 heterocycles. The first kappa shape index (κ1) is 24.7. The molecule has 184 valence electrons. The van der Waals surface area contributed by atoms with Crippen molar-refractivity contribution in [2.45, 2.75) is 50.1 Å².